The molecule has 2 aromatic heterocycles. The maximum Gasteiger partial charge on any atom is 0.188 e. The van der Waals surface area contributed by atoms with Crippen LogP contribution in [0.2, 0.25) is 4.34 Å². The number of halogens is 1. The van der Waals surface area contributed by atoms with Gasteiger partial charge in [-0.05, 0) is 19.1 Å². The second kappa shape index (κ2) is 5.34. The lowest BCUT2D eigenvalue weighted by atomic mass is 10.2. The van der Waals surface area contributed by atoms with E-state index in [-0.39, 0.29) is 11.7 Å². The highest BCUT2D eigenvalue weighted by molar-refractivity contribution is 7.19. The van der Waals surface area contributed by atoms with Gasteiger partial charge in [0.1, 0.15) is 10.4 Å². The zero-order valence-corrected chi connectivity index (χ0v) is 11.5. The van der Waals surface area contributed by atoms with Crippen molar-refractivity contribution in [3.8, 4) is 6.07 Å². The van der Waals surface area contributed by atoms with E-state index in [1.54, 1.807) is 6.20 Å². The second-order valence-electron chi connectivity index (χ2n) is 3.77. The average Bonchev–Trinajstić information content (AvgIpc) is 2.79. The summed E-state index contributed by atoms with van der Waals surface area (Å²) < 4.78 is 0.424. The van der Waals surface area contributed by atoms with Gasteiger partial charge in [0.15, 0.2) is 10.8 Å². The molecule has 0 radical (unpaired) electrons. The zero-order chi connectivity index (χ0) is 13.1. The Bertz CT molecular complexity index is 576. The largest absolute Gasteiger partial charge is 0.343 e. The Morgan fingerprint density at radius 1 is 1.50 bits per heavy atom. The van der Waals surface area contributed by atoms with Crippen molar-refractivity contribution in [1.82, 2.24) is 9.97 Å². The van der Waals surface area contributed by atoms with Crippen LogP contribution >= 0.6 is 22.9 Å². The highest BCUT2D eigenvalue weighted by Crippen LogP contribution is 2.33. The topological polar surface area (TPSA) is 52.8 Å². The van der Waals surface area contributed by atoms with Gasteiger partial charge in [-0.3, -0.25) is 4.98 Å². The molecule has 4 nitrogen and oxygen atoms in total. The summed E-state index contributed by atoms with van der Waals surface area (Å²) in [5.74, 6) is 0. The van der Waals surface area contributed by atoms with Gasteiger partial charge in [0.05, 0.1) is 11.7 Å². The first-order valence-electron chi connectivity index (χ1n) is 5.33. The van der Waals surface area contributed by atoms with Crippen LogP contribution in [-0.4, -0.2) is 17.0 Å². The number of aromatic nitrogens is 2. The number of thiazole rings is 1. The molecule has 1 atom stereocenters. The predicted molar refractivity (Wildman–Crippen MR) is 72.9 cm³/mol. The van der Waals surface area contributed by atoms with Crippen molar-refractivity contribution in [1.29, 1.82) is 5.26 Å². The Morgan fingerprint density at radius 2 is 2.28 bits per heavy atom. The van der Waals surface area contributed by atoms with Crippen LogP contribution in [0.5, 0.6) is 0 Å². The normalized spacial score (nSPS) is 11.9. The van der Waals surface area contributed by atoms with Crippen LogP contribution in [0.25, 0.3) is 0 Å². The van der Waals surface area contributed by atoms with E-state index in [4.69, 9.17) is 16.9 Å². The molecular formula is C12H11ClN4S. The number of anilines is 1. The molecule has 0 aromatic carbocycles. The molecule has 0 fully saturated rings. The minimum atomic E-state index is 0.0694. The molecule has 0 amide bonds. The Morgan fingerprint density at radius 3 is 2.83 bits per heavy atom. The summed E-state index contributed by atoms with van der Waals surface area (Å²) in [6, 6.07) is 7.83. The standard InChI is InChI=1S/C12H11ClN4S/c1-8(9-5-3-4-6-15-9)17(2)12-16-10(7-14)11(13)18-12/h3-6,8H,1-2H3. The molecule has 0 aliphatic heterocycles. The third kappa shape index (κ3) is 2.45. The number of rotatable bonds is 3. The molecule has 0 saturated heterocycles. The van der Waals surface area contributed by atoms with Crippen LogP contribution in [0.4, 0.5) is 5.13 Å². The van der Waals surface area contributed by atoms with Crippen LogP contribution in [0.15, 0.2) is 24.4 Å². The molecule has 0 spiro atoms. The molecule has 0 N–H and O–H groups in total. The first-order valence-corrected chi connectivity index (χ1v) is 6.53. The van der Waals surface area contributed by atoms with Gasteiger partial charge in [-0.2, -0.15) is 5.26 Å². The van der Waals surface area contributed by atoms with Crippen molar-refractivity contribution in [2.45, 2.75) is 13.0 Å². The quantitative estimate of drug-likeness (QED) is 0.865. The van der Waals surface area contributed by atoms with Gasteiger partial charge in [0, 0.05) is 13.2 Å². The lowest BCUT2D eigenvalue weighted by molar-refractivity contribution is 0.711. The average molecular weight is 279 g/mol. The summed E-state index contributed by atoms with van der Waals surface area (Å²) in [6.45, 7) is 2.03. The number of hydrogen-bond acceptors (Lipinski definition) is 5. The van der Waals surface area contributed by atoms with Crippen molar-refractivity contribution < 1.29 is 0 Å². The van der Waals surface area contributed by atoms with E-state index >= 15 is 0 Å². The van der Waals surface area contributed by atoms with E-state index in [2.05, 4.69) is 9.97 Å². The molecule has 0 bridgehead atoms. The van der Waals surface area contributed by atoms with Gasteiger partial charge in [-0.1, -0.05) is 29.0 Å². The Kier molecular flexibility index (Phi) is 3.80. The number of hydrogen-bond donors (Lipinski definition) is 0. The molecule has 6 heteroatoms. The second-order valence-corrected chi connectivity index (χ2v) is 5.35. The molecule has 2 heterocycles. The van der Waals surface area contributed by atoms with Crippen LogP contribution in [0, 0.1) is 11.3 Å². The highest BCUT2D eigenvalue weighted by atomic mass is 35.5. The summed E-state index contributed by atoms with van der Waals surface area (Å²) in [7, 11) is 1.91. The maximum absolute atomic E-state index is 8.85. The predicted octanol–water partition coefficient (Wildman–Crippen LogP) is 3.26. The first kappa shape index (κ1) is 12.8. The molecule has 0 saturated carbocycles. The summed E-state index contributed by atoms with van der Waals surface area (Å²) in [4.78, 5) is 10.5. The van der Waals surface area contributed by atoms with Crippen molar-refractivity contribution in [2.24, 2.45) is 0 Å². The fourth-order valence-corrected chi connectivity index (χ4v) is 2.58. The Balaban J connectivity index is 2.26. The first-order chi connectivity index (χ1) is 8.63. The summed E-state index contributed by atoms with van der Waals surface area (Å²) in [5, 5.41) is 9.57. The third-order valence-electron chi connectivity index (χ3n) is 2.68. The van der Waals surface area contributed by atoms with E-state index in [0.717, 1.165) is 10.8 Å². The molecule has 0 aliphatic rings. The van der Waals surface area contributed by atoms with E-state index < -0.39 is 0 Å². The minimum Gasteiger partial charge on any atom is -0.343 e. The van der Waals surface area contributed by atoms with Gasteiger partial charge in [-0.25, -0.2) is 4.98 Å². The number of nitrogens with zero attached hydrogens (tertiary/aromatic N) is 4. The van der Waals surface area contributed by atoms with E-state index in [1.165, 1.54) is 11.3 Å². The molecule has 0 aliphatic carbocycles. The monoisotopic (exact) mass is 278 g/mol. The maximum atomic E-state index is 8.85. The Hall–Kier alpha value is -1.64. The molecule has 18 heavy (non-hydrogen) atoms. The SMILES string of the molecule is CC(c1ccccn1)N(C)c1nc(C#N)c(Cl)s1. The van der Waals surface area contributed by atoms with Gasteiger partial charge in [0.2, 0.25) is 0 Å². The smallest absolute Gasteiger partial charge is 0.188 e. The van der Waals surface area contributed by atoms with Crippen molar-refractivity contribution in [2.75, 3.05) is 11.9 Å². The fourth-order valence-electron chi connectivity index (χ4n) is 1.50. The van der Waals surface area contributed by atoms with Crippen LogP contribution in [0.3, 0.4) is 0 Å². The van der Waals surface area contributed by atoms with Crippen molar-refractivity contribution >= 4 is 28.1 Å². The highest BCUT2D eigenvalue weighted by Gasteiger charge is 2.18. The minimum absolute atomic E-state index is 0.0694. The molecule has 1 unspecified atom stereocenters. The fraction of sp³-hybridized carbons (Fsp3) is 0.250. The number of pyridine rings is 1. The third-order valence-corrected chi connectivity index (χ3v) is 4.02. The molecular weight excluding hydrogens is 268 g/mol. The van der Waals surface area contributed by atoms with E-state index in [1.807, 2.05) is 43.1 Å². The van der Waals surface area contributed by atoms with Gasteiger partial charge >= 0.3 is 0 Å². The van der Waals surface area contributed by atoms with Gasteiger partial charge in [0.25, 0.3) is 0 Å². The van der Waals surface area contributed by atoms with Crippen LogP contribution < -0.4 is 4.90 Å². The molecule has 2 aromatic rings. The van der Waals surface area contributed by atoms with Crippen molar-refractivity contribution in [3.05, 3.63) is 40.1 Å². The Labute approximate surface area is 114 Å². The number of nitriles is 1. The summed E-state index contributed by atoms with van der Waals surface area (Å²) in [5.41, 5.74) is 1.22. The van der Waals surface area contributed by atoms with Gasteiger partial charge in [-0.15, -0.1) is 0 Å². The van der Waals surface area contributed by atoms with Crippen LogP contribution in [0.1, 0.15) is 24.4 Å². The molecule has 92 valence electrons. The lowest BCUT2D eigenvalue weighted by Gasteiger charge is -2.23. The van der Waals surface area contributed by atoms with Gasteiger partial charge < -0.3 is 4.90 Å². The van der Waals surface area contributed by atoms with E-state index in [9.17, 15) is 0 Å². The molecule has 2 rings (SSSR count). The van der Waals surface area contributed by atoms with Crippen LogP contribution in [-0.2, 0) is 0 Å². The summed E-state index contributed by atoms with van der Waals surface area (Å²) >= 11 is 7.23. The van der Waals surface area contributed by atoms with Crippen molar-refractivity contribution in [3.63, 3.8) is 0 Å². The van der Waals surface area contributed by atoms with E-state index in [0.29, 0.717) is 4.34 Å². The zero-order valence-electron chi connectivity index (χ0n) is 9.96. The lowest BCUT2D eigenvalue weighted by Crippen LogP contribution is -2.22. The summed E-state index contributed by atoms with van der Waals surface area (Å²) in [6.07, 6.45) is 1.76.